The Morgan fingerprint density at radius 1 is 1.29 bits per heavy atom. The Morgan fingerprint density at radius 2 is 2.07 bits per heavy atom. The van der Waals surface area contributed by atoms with Crippen molar-refractivity contribution in [3.05, 3.63) is 0 Å². The highest BCUT2D eigenvalue weighted by molar-refractivity contribution is 5.80. The van der Waals surface area contributed by atoms with Gasteiger partial charge in [-0.15, -0.1) is 0 Å². The van der Waals surface area contributed by atoms with Crippen LogP contribution in [0.25, 0.3) is 0 Å². The molecule has 1 saturated carbocycles. The summed E-state index contributed by atoms with van der Waals surface area (Å²) in [6, 6.07) is 1.71. The maximum absolute atomic E-state index is 12.1. The molecule has 0 aromatic heterocycles. The number of hydrogen-bond acceptors (Lipinski definition) is 2. The van der Waals surface area contributed by atoms with Crippen LogP contribution in [0.3, 0.4) is 0 Å². The lowest BCUT2D eigenvalue weighted by Crippen LogP contribution is -2.39. The van der Waals surface area contributed by atoms with Crippen LogP contribution in [-0.2, 0) is 4.79 Å². The second-order valence-electron chi connectivity index (χ2n) is 5.07. The minimum absolute atomic E-state index is 0.291. The van der Waals surface area contributed by atoms with Crippen LogP contribution in [0, 0.1) is 5.92 Å². The Bertz CT molecular complexity index is 262. The molecule has 2 heterocycles. The average molecular weight is 194 g/mol. The number of fused-ring (bicyclic) bond motifs is 2. The number of rotatable bonds is 2. The first kappa shape index (κ1) is 8.72. The third-order valence-corrected chi connectivity index (χ3v) is 4.06. The summed E-state index contributed by atoms with van der Waals surface area (Å²) >= 11 is 0. The lowest BCUT2D eigenvalue weighted by Gasteiger charge is -2.25. The maximum Gasteiger partial charge on any atom is 0.227 e. The fraction of sp³-hybridized carbons (Fsp3) is 0.909. The maximum atomic E-state index is 12.1. The minimum Gasteiger partial charge on any atom is -0.342 e. The Labute approximate surface area is 84.8 Å². The molecule has 0 spiro atoms. The van der Waals surface area contributed by atoms with Crippen LogP contribution in [0.2, 0.25) is 0 Å². The molecule has 3 fully saturated rings. The molecule has 3 rings (SSSR count). The van der Waals surface area contributed by atoms with Crippen LogP contribution in [0.1, 0.15) is 32.1 Å². The molecular formula is C11H18N2O. The summed E-state index contributed by atoms with van der Waals surface area (Å²) in [6.45, 7) is 0. The van der Waals surface area contributed by atoms with E-state index in [4.69, 9.17) is 0 Å². The van der Waals surface area contributed by atoms with Gasteiger partial charge in [0, 0.05) is 25.2 Å². The number of nitrogens with zero attached hydrogens (tertiary/aromatic N) is 1. The fourth-order valence-corrected chi connectivity index (χ4v) is 3.00. The molecule has 1 aliphatic carbocycles. The van der Waals surface area contributed by atoms with E-state index in [1.807, 2.05) is 11.9 Å². The van der Waals surface area contributed by atoms with E-state index in [1.165, 1.54) is 25.7 Å². The number of carbonyl (C=O) groups is 1. The number of nitrogens with one attached hydrogen (secondary N) is 1. The molecule has 1 amide bonds. The van der Waals surface area contributed by atoms with Gasteiger partial charge in [-0.25, -0.2) is 0 Å². The summed E-state index contributed by atoms with van der Waals surface area (Å²) in [4.78, 5) is 14.1. The van der Waals surface area contributed by atoms with Crippen molar-refractivity contribution in [3.63, 3.8) is 0 Å². The summed E-state index contributed by atoms with van der Waals surface area (Å²) in [5.74, 6) is 0.687. The summed E-state index contributed by atoms with van der Waals surface area (Å²) < 4.78 is 0. The van der Waals surface area contributed by atoms with E-state index in [0.717, 1.165) is 6.42 Å². The van der Waals surface area contributed by atoms with Crippen LogP contribution >= 0.6 is 0 Å². The highest BCUT2D eigenvalue weighted by atomic mass is 16.2. The van der Waals surface area contributed by atoms with Gasteiger partial charge in [0.25, 0.3) is 0 Å². The van der Waals surface area contributed by atoms with E-state index in [0.29, 0.717) is 30.0 Å². The molecule has 2 aliphatic heterocycles. The zero-order chi connectivity index (χ0) is 9.71. The zero-order valence-electron chi connectivity index (χ0n) is 8.70. The van der Waals surface area contributed by atoms with Crippen molar-refractivity contribution in [1.82, 2.24) is 10.2 Å². The van der Waals surface area contributed by atoms with E-state index in [1.54, 1.807) is 0 Å². The van der Waals surface area contributed by atoms with Gasteiger partial charge in [-0.3, -0.25) is 4.79 Å². The van der Waals surface area contributed by atoms with E-state index >= 15 is 0 Å². The third kappa shape index (κ3) is 1.26. The lowest BCUT2D eigenvalue weighted by atomic mass is 9.88. The van der Waals surface area contributed by atoms with Gasteiger partial charge in [0.1, 0.15) is 0 Å². The molecule has 2 saturated heterocycles. The molecule has 3 nitrogen and oxygen atoms in total. The van der Waals surface area contributed by atoms with E-state index < -0.39 is 0 Å². The lowest BCUT2D eigenvalue weighted by molar-refractivity contribution is -0.135. The standard InChI is InChI=1S/C11H18N2O/c1-13(8-3-4-8)11(14)9-6-7-2-5-10(9)12-7/h7-10,12H,2-6H2,1H3. The fourth-order valence-electron chi connectivity index (χ4n) is 3.00. The minimum atomic E-state index is 0.291. The van der Waals surface area contributed by atoms with E-state index in [9.17, 15) is 4.79 Å². The van der Waals surface area contributed by atoms with Crippen molar-refractivity contribution in [2.75, 3.05) is 7.05 Å². The smallest absolute Gasteiger partial charge is 0.227 e. The monoisotopic (exact) mass is 194 g/mol. The van der Waals surface area contributed by atoms with Crippen molar-refractivity contribution < 1.29 is 4.79 Å². The Hall–Kier alpha value is -0.570. The van der Waals surface area contributed by atoms with Crippen LogP contribution in [0.4, 0.5) is 0 Å². The molecule has 3 unspecified atom stereocenters. The first-order valence-electron chi connectivity index (χ1n) is 5.78. The van der Waals surface area contributed by atoms with Gasteiger partial charge in [0.2, 0.25) is 5.91 Å². The first-order chi connectivity index (χ1) is 6.75. The second kappa shape index (κ2) is 2.96. The van der Waals surface area contributed by atoms with Crippen molar-refractivity contribution in [1.29, 1.82) is 0 Å². The molecule has 3 aliphatic rings. The highest BCUT2D eigenvalue weighted by Crippen LogP contribution is 2.36. The second-order valence-corrected chi connectivity index (χ2v) is 5.07. The summed E-state index contributed by atoms with van der Waals surface area (Å²) in [6.07, 6.45) is 6.01. The molecular weight excluding hydrogens is 176 g/mol. The normalized spacial score (nSPS) is 40.2. The van der Waals surface area contributed by atoms with Gasteiger partial charge in [0.05, 0.1) is 5.92 Å². The van der Waals surface area contributed by atoms with Gasteiger partial charge in [-0.1, -0.05) is 0 Å². The number of amides is 1. The van der Waals surface area contributed by atoms with Gasteiger partial charge < -0.3 is 10.2 Å². The van der Waals surface area contributed by atoms with Crippen LogP contribution in [0.15, 0.2) is 0 Å². The zero-order valence-corrected chi connectivity index (χ0v) is 8.70. The summed E-state index contributed by atoms with van der Waals surface area (Å²) in [5.41, 5.74) is 0. The highest BCUT2D eigenvalue weighted by Gasteiger charge is 2.45. The molecule has 78 valence electrons. The number of hydrogen-bond donors (Lipinski definition) is 1. The Balaban J connectivity index is 1.67. The molecule has 3 atom stereocenters. The van der Waals surface area contributed by atoms with Crippen molar-refractivity contribution in [3.8, 4) is 0 Å². The van der Waals surface area contributed by atoms with Gasteiger partial charge >= 0.3 is 0 Å². The summed E-state index contributed by atoms with van der Waals surface area (Å²) in [7, 11) is 1.98. The van der Waals surface area contributed by atoms with E-state index in [-0.39, 0.29) is 0 Å². The predicted molar refractivity (Wildman–Crippen MR) is 53.8 cm³/mol. The van der Waals surface area contributed by atoms with Crippen molar-refractivity contribution in [2.24, 2.45) is 5.92 Å². The first-order valence-corrected chi connectivity index (χ1v) is 5.78. The summed E-state index contributed by atoms with van der Waals surface area (Å²) in [5, 5.41) is 3.53. The van der Waals surface area contributed by atoms with Crippen LogP contribution < -0.4 is 5.32 Å². The van der Waals surface area contributed by atoms with Crippen molar-refractivity contribution >= 4 is 5.91 Å². The molecule has 0 aromatic rings. The van der Waals surface area contributed by atoms with Crippen molar-refractivity contribution in [2.45, 2.75) is 50.2 Å². The molecule has 2 bridgehead atoms. The SMILES string of the molecule is CN(C(=O)C1CC2CCC1N2)C1CC1. The van der Waals surface area contributed by atoms with E-state index in [2.05, 4.69) is 5.32 Å². The van der Waals surface area contributed by atoms with Crippen LogP contribution in [-0.4, -0.2) is 36.0 Å². The number of carbonyl (C=O) groups excluding carboxylic acids is 1. The van der Waals surface area contributed by atoms with Crippen LogP contribution in [0.5, 0.6) is 0 Å². The average Bonchev–Trinajstić information content (AvgIpc) is 2.84. The third-order valence-electron chi connectivity index (χ3n) is 4.06. The largest absolute Gasteiger partial charge is 0.342 e. The van der Waals surface area contributed by atoms with Gasteiger partial charge in [0.15, 0.2) is 0 Å². The van der Waals surface area contributed by atoms with Gasteiger partial charge in [-0.2, -0.15) is 0 Å². The topological polar surface area (TPSA) is 32.3 Å². The molecule has 14 heavy (non-hydrogen) atoms. The predicted octanol–water partition coefficient (Wildman–Crippen LogP) is 0.748. The quantitative estimate of drug-likeness (QED) is 0.703. The molecule has 3 heteroatoms. The molecule has 0 aromatic carbocycles. The molecule has 1 N–H and O–H groups in total. The Morgan fingerprint density at radius 3 is 2.57 bits per heavy atom. The Kier molecular flexibility index (Phi) is 1.84. The molecule has 0 radical (unpaired) electrons. The van der Waals surface area contributed by atoms with Gasteiger partial charge in [-0.05, 0) is 32.1 Å².